The van der Waals surface area contributed by atoms with E-state index in [4.69, 9.17) is 21.1 Å². The molecule has 6 nitrogen and oxygen atoms in total. The summed E-state index contributed by atoms with van der Waals surface area (Å²) < 4.78 is 11.9. The number of fused-ring (bicyclic) bond motifs is 1. The van der Waals surface area contributed by atoms with E-state index in [0.717, 1.165) is 30.4 Å². The fourth-order valence-electron chi connectivity index (χ4n) is 4.97. The third-order valence-corrected chi connectivity index (χ3v) is 8.25. The lowest BCUT2D eigenvalue weighted by molar-refractivity contribution is -0.135. The molecule has 2 aliphatic rings. The number of halogens is 1. The average molecular weight is 539 g/mol. The average Bonchev–Trinajstić information content (AvgIpc) is 3.60. The summed E-state index contributed by atoms with van der Waals surface area (Å²) in [4.78, 5) is 32.1. The molecule has 2 atom stereocenters. The van der Waals surface area contributed by atoms with Crippen LogP contribution in [-0.2, 0) is 16.0 Å². The summed E-state index contributed by atoms with van der Waals surface area (Å²) in [6, 6.07) is 16.6. The van der Waals surface area contributed by atoms with Gasteiger partial charge in [-0.05, 0) is 79.6 Å². The van der Waals surface area contributed by atoms with Crippen LogP contribution in [0, 0.1) is 6.92 Å². The monoisotopic (exact) mass is 538 g/mol. The molecule has 1 aromatic heterocycles. The second-order valence-electron chi connectivity index (χ2n) is 9.60. The largest absolute Gasteiger partial charge is 0.491 e. The summed E-state index contributed by atoms with van der Waals surface area (Å²) in [5, 5.41) is 2.71. The van der Waals surface area contributed by atoms with Gasteiger partial charge in [0.15, 0.2) is 0 Å². The summed E-state index contributed by atoms with van der Waals surface area (Å²) in [5.74, 6) is 0.472. The van der Waals surface area contributed by atoms with E-state index >= 15 is 0 Å². The van der Waals surface area contributed by atoms with Crippen LogP contribution in [0.15, 0.2) is 60.0 Å². The maximum absolute atomic E-state index is 13.8. The van der Waals surface area contributed by atoms with Gasteiger partial charge in [0, 0.05) is 35.2 Å². The Morgan fingerprint density at radius 3 is 2.65 bits per heavy atom. The summed E-state index contributed by atoms with van der Waals surface area (Å²) in [5.41, 5.74) is 2.79. The van der Waals surface area contributed by atoms with Crippen LogP contribution in [0.1, 0.15) is 45.2 Å². The molecule has 0 spiro atoms. The smallest absolute Gasteiger partial charge is 0.254 e. The lowest BCUT2D eigenvalue weighted by Gasteiger charge is -2.37. The molecule has 1 saturated heterocycles. The first-order valence-electron chi connectivity index (χ1n) is 12.7. The quantitative estimate of drug-likeness (QED) is 0.378. The first-order chi connectivity index (χ1) is 18.0. The van der Waals surface area contributed by atoms with Crippen molar-refractivity contribution < 1.29 is 19.1 Å². The summed E-state index contributed by atoms with van der Waals surface area (Å²) >= 11 is 7.73. The molecule has 0 N–H and O–H groups in total. The minimum absolute atomic E-state index is 0.00346. The van der Waals surface area contributed by atoms with Crippen molar-refractivity contribution >= 4 is 34.8 Å². The van der Waals surface area contributed by atoms with Crippen molar-refractivity contribution in [3.8, 4) is 5.75 Å². The standard InChI is InChI=1S/C29H31ClN2O4S/c1-20-4-6-21(7-5-20)29(34)31(17-24-3-2-15-35-24)18-28(33)32-14-12-27-25(13-16-37-27)26(32)19-36-23-10-8-22(30)9-11-23/h4-11,13,16,24,26H,2-3,12,14-15,17-19H2,1H3/t24-,26+/m0/s1. The molecule has 0 bridgehead atoms. The van der Waals surface area contributed by atoms with E-state index in [1.165, 1.54) is 4.88 Å². The SMILES string of the molecule is Cc1ccc(C(=O)N(CC(=O)N2CCc3sccc3[C@H]2COc2ccc(Cl)cc2)C[C@@H]2CCCO2)cc1. The maximum Gasteiger partial charge on any atom is 0.254 e. The summed E-state index contributed by atoms with van der Waals surface area (Å²) in [6.07, 6.45) is 2.62. The highest BCUT2D eigenvalue weighted by molar-refractivity contribution is 7.10. The Morgan fingerprint density at radius 2 is 1.92 bits per heavy atom. The number of rotatable bonds is 8. The van der Waals surface area contributed by atoms with Crippen LogP contribution in [0.3, 0.4) is 0 Å². The Kier molecular flexibility index (Phi) is 8.13. The number of carbonyl (C=O) groups is 2. The topological polar surface area (TPSA) is 59.1 Å². The molecular weight excluding hydrogens is 508 g/mol. The van der Waals surface area contributed by atoms with Crippen molar-refractivity contribution in [1.82, 2.24) is 9.80 Å². The Hall–Kier alpha value is -2.87. The van der Waals surface area contributed by atoms with Gasteiger partial charge in [0.25, 0.3) is 5.91 Å². The third kappa shape index (κ3) is 6.17. The Labute approximate surface area is 226 Å². The normalized spacial score (nSPS) is 18.9. The lowest BCUT2D eigenvalue weighted by atomic mass is 10.00. The second kappa shape index (κ2) is 11.7. The van der Waals surface area contributed by atoms with Crippen molar-refractivity contribution in [1.29, 1.82) is 0 Å². The van der Waals surface area contributed by atoms with E-state index in [0.29, 0.717) is 42.6 Å². The highest BCUT2D eigenvalue weighted by Gasteiger charge is 2.34. The van der Waals surface area contributed by atoms with E-state index in [1.54, 1.807) is 28.4 Å². The predicted octanol–water partition coefficient (Wildman–Crippen LogP) is 5.54. The fourth-order valence-corrected chi connectivity index (χ4v) is 6.02. The molecule has 3 aromatic rings. The van der Waals surface area contributed by atoms with Crippen molar-refractivity contribution in [3.63, 3.8) is 0 Å². The van der Waals surface area contributed by atoms with Crippen molar-refractivity contribution in [2.45, 2.75) is 38.3 Å². The number of benzene rings is 2. The number of ether oxygens (including phenoxy) is 2. The van der Waals surface area contributed by atoms with Crippen LogP contribution >= 0.6 is 22.9 Å². The van der Waals surface area contributed by atoms with Gasteiger partial charge in [-0.25, -0.2) is 0 Å². The van der Waals surface area contributed by atoms with Crippen LogP contribution in [0.5, 0.6) is 5.75 Å². The van der Waals surface area contributed by atoms with Gasteiger partial charge in [0.2, 0.25) is 5.91 Å². The van der Waals surface area contributed by atoms with E-state index in [-0.39, 0.29) is 30.5 Å². The van der Waals surface area contributed by atoms with Crippen molar-refractivity contribution in [3.05, 3.63) is 86.6 Å². The molecule has 3 heterocycles. The molecule has 37 heavy (non-hydrogen) atoms. The summed E-state index contributed by atoms with van der Waals surface area (Å²) in [6.45, 7) is 4.01. The number of hydrogen-bond donors (Lipinski definition) is 0. The zero-order valence-corrected chi connectivity index (χ0v) is 22.5. The van der Waals surface area contributed by atoms with Crippen LogP contribution < -0.4 is 4.74 Å². The molecule has 0 unspecified atom stereocenters. The third-order valence-electron chi connectivity index (χ3n) is 7.00. The molecule has 8 heteroatoms. The van der Waals surface area contributed by atoms with Gasteiger partial charge < -0.3 is 19.3 Å². The first kappa shape index (κ1) is 25.8. The molecule has 0 saturated carbocycles. The molecule has 0 aliphatic carbocycles. The Bertz CT molecular complexity index is 1220. The molecule has 2 aliphatic heterocycles. The minimum atomic E-state index is -0.225. The zero-order chi connectivity index (χ0) is 25.8. The van der Waals surface area contributed by atoms with Crippen LogP contribution in [0.25, 0.3) is 0 Å². The fraction of sp³-hybridized carbons (Fsp3) is 0.379. The van der Waals surface area contributed by atoms with Crippen LogP contribution in [0.2, 0.25) is 5.02 Å². The molecule has 2 aromatic carbocycles. The molecule has 0 radical (unpaired) electrons. The molecular formula is C29H31ClN2O4S. The Balaban J connectivity index is 1.34. The van der Waals surface area contributed by atoms with E-state index in [2.05, 4.69) is 11.4 Å². The van der Waals surface area contributed by atoms with Gasteiger partial charge >= 0.3 is 0 Å². The van der Waals surface area contributed by atoms with Gasteiger partial charge in [0.1, 0.15) is 18.9 Å². The predicted molar refractivity (Wildman–Crippen MR) is 145 cm³/mol. The van der Waals surface area contributed by atoms with E-state index in [1.807, 2.05) is 48.2 Å². The molecule has 5 rings (SSSR count). The lowest BCUT2D eigenvalue weighted by Crippen LogP contribution is -2.49. The van der Waals surface area contributed by atoms with Gasteiger partial charge in [-0.2, -0.15) is 0 Å². The number of thiophene rings is 1. The number of aryl methyl sites for hydroxylation is 1. The maximum atomic E-state index is 13.8. The van der Waals surface area contributed by atoms with E-state index in [9.17, 15) is 9.59 Å². The first-order valence-corrected chi connectivity index (χ1v) is 14.0. The van der Waals surface area contributed by atoms with Gasteiger partial charge in [-0.1, -0.05) is 29.3 Å². The number of carbonyl (C=O) groups excluding carboxylic acids is 2. The zero-order valence-electron chi connectivity index (χ0n) is 20.9. The van der Waals surface area contributed by atoms with Gasteiger partial charge in [-0.15, -0.1) is 11.3 Å². The van der Waals surface area contributed by atoms with E-state index < -0.39 is 0 Å². The number of nitrogens with zero attached hydrogens (tertiary/aromatic N) is 2. The highest BCUT2D eigenvalue weighted by atomic mass is 35.5. The Morgan fingerprint density at radius 1 is 1.14 bits per heavy atom. The van der Waals surface area contributed by atoms with Crippen molar-refractivity contribution in [2.75, 3.05) is 32.8 Å². The van der Waals surface area contributed by atoms with Gasteiger partial charge in [0.05, 0.1) is 12.1 Å². The molecule has 2 amide bonds. The number of amides is 2. The van der Waals surface area contributed by atoms with Crippen molar-refractivity contribution in [2.24, 2.45) is 0 Å². The van der Waals surface area contributed by atoms with Crippen LogP contribution in [-0.4, -0.2) is 60.6 Å². The highest BCUT2D eigenvalue weighted by Crippen LogP contribution is 2.34. The van der Waals surface area contributed by atoms with Crippen LogP contribution in [0.4, 0.5) is 0 Å². The minimum Gasteiger partial charge on any atom is -0.491 e. The van der Waals surface area contributed by atoms with Gasteiger partial charge in [-0.3, -0.25) is 9.59 Å². The summed E-state index contributed by atoms with van der Waals surface area (Å²) in [7, 11) is 0. The number of hydrogen-bond acceptors (Lipinski definition) is 5. The second-order valence-corrected chi connectivity index (χ2v) is 11.0. The molecule has 194 valence electrons. The molecule has 1 fully saturated rings.